The largest absolute Gasteiger partial charge is 0.361 e. The molecule has 172 valence electrons. The van der Waals surface area contributed by atoms with E-state index in [0.29, 0.717) is 18.4 Å². The van der Waals surface area contributed by atoms with E-state index in [1.54, 1.807) is 0 Å². The molecule has 1 saturated heterocycles. The first-order valence-corrected chi connectivity index (χ1v) is 12.5. The normalized spacial score (nSPS) is 23.2. The summed E-state index contributed by atoms with van der Waals surface area (Å²) in [4.78, 5) is 37.9. The molecule has 1 N–H and O–H groups in total. The Kier molecular flexibility index (Phi) is 4.29. The van der Waals surface area contributed by atoms with Crippen LogP contribution >= 0.6 is 0 Å². The van der Waals surface area contributed by atoms with Gasteiger partial charge < -0.3 is 9.88 Å². The van der Waals surface area contributed by atoms with Crippen LogP contribution in [0.2, 0.25) is 0 Å². The van der Waals surface area contributed by atoms with Crippen LogP contribution in [-0.2, 0) is 9.59 Å². The molecule has 0 bridgehead atoms. The van der Waals surface area contributed by atoms with Crippen molar-refractivity contribution in [3.63, 3.8) is 0 Å². The molecule has 2 aliphatic carbocycles. The zero-order valence-corrected chi connectivity index (χ0v) is 19.2. The molecule has 1 aromatic heterocycles. The Labute approximate surface area is 198 Å². The lowest BCUT2D eigenvalue weighted by atomic mass is 10.0. The maximum Gasteiger partial charge on any atom is 0.256 e. The standard InChI is InChI=1S/C28H28N4O2/c33-26(21-5-6-21)31-14-10-18(16-31)17-32-25(30-28(11-12-28)27(32)34)20-3-1-19(2-4-20)22-7-8-24-23(15-22)9-13-29-24/h1-4,7-9,13,15,18,21,29H,5-6,10-12,14,16-17H2/t18-/m0/s1. The van der Waals surface area contributed by atoms with Crippen LogP contribution in [0, 0.1) is 11.8 Å². The first kappa shape index (κ1) is 20.0. The Hall–Kier alpha value is -3.41. The van der Waals surface area contributed by atoms with Crippen LogP contribution in [-0.4, -0.2) is 57.6 Å². The molecule has 2 saturated carbocycles. The summed E-state index contributed by atoms with van der Waals surface area (Å²) in [5.41, 5.74) is 3.93. The lowest BCUT2D eigenvalue weighted by Gasteiger charge is -2.23. The number of aromatic amines is 1. The monoisotopic (exact) mass is 452 g/mol. The SMILES string of the molecule is O=C(C1CC1)N1CC[C@H](CN2C(=O)C3(CC3)N=C2c2ccc(-c3ccc4[nH]ccc4c3)cc2)C1. The number of amides is 2. The van der Waals surface area contributed by atoms with Gasteiger partial charge in [-0.1, -0.05) is 30.3 Å². The van der Waals surface area contributed by atoms with Gasteiger partial charge in [0.2, 0.25) is 5.91 Å². The number of carbonyl (C=O) groups is 2. The van der Waals surface area contributed by atoms with Gasteiger partial charge in [-0.2, -0.15) is 0 Å². The van der Waals surface area contributed by atoms with Gasteiger partial charge in [-0.25, -0.2) is 0 Å². The molecule has 6 heteroatoms. The van der Waals surface area contributed by atoms with Gasteiger partial charge in [-0.05, 0) is 72.7 Å². The zero-order valence-electron chi connectivity index (χ0n) is 19.2. The number of aromatic nitrogens is 1. The summed E-state index contributed by atoms with van der Waals surface area (Å²) in [6.07, 6.45) is 6.69. The molecular weight excluding hydrogens is 424 g/mol. The number of aliphatic imine (C=N–C) groups is 1. The molecule has 34 heavy (non-hydrogen) atoms. The molecule has 6 nitrogen and oxygen atoms in total. The van der Waals surface area contributed by atoms with Crippen molar-refractivity contribution in [2.24, 2.45) is 16.8 Å². The lowest BCUT2D eigenvalue weighted by Crippen LogP contribution is -2.40. The highest BCUT2D eigenvalue weighted by Gasteiger charge is 2.57. The van der Waals surface area contributed by atoms with E-state index in [4.69, 9.17) is 4.99 Å². The summed E-state index contributed by atoms with van der Waals surface area (Å²) in [5, 5.41) is 1.19. The summed E-state index contributed by atoms with van der Waals surface area (Å²) in [6.45, 7) is 2.24. The van der Waals surface area contributed by atoms with E-state index in [0.717, 1.165) is 67.7 Å². The predicted molar refractivity (Wildman–Crippen MR) is 131 cm³/mol. The van der Waals surface area contributed by atoms with Gasteiger partial charge in [0.05, 0.1) is 0 Å². The highest BCUT2D eigenvalue weighted by molar-refractivity contribution is 6.16. The van der Waals surface area contributed by atoms with E-state index in [1.165, 1.54) is 10.9 Å². The molecule has 1 spiro atoms. The molecule has 3 fully saturated rings. The summed E-state index contributed by atoms with van der Waals surface area (Å²) in [5.74, 6) is 1.85. The van der Waals surface area contributed by atoms with Crippen LogP contribution in [0.15, 0.2) is 59.7 Å². The quantitative estimate of drug-likeness (QED) is 0.630. The average molecular weight is 453 g/mol. The molecule has 4 aliphatic rings. The summed E-state index contributed by atoms with van der Waals surface area (Å²) < 4.78 is 0. The predicted octanol–water partition coefficient (Wildman–Crippen LogP) is 4.21. The third-order valence-electron chi connectivity index (χ3n) is 7.94. The molecule has 2 aliphatic heterocycles. The van der Waals surface area contributed by atoms with Crippen molar-refractivity contribution in [1.82, 2.24) is 14.8 Å². The van der Waals surface area contributed by atoms with Crippen LogP contribution in [0.5, 0.6) is 0 Å². The second kappa shape index (κ2) is 7.29. The van der Waals surface area contributed by atoms with Crippen molar-refractivity contribution in [2.45, 2.75) is 37.6 Å². The van der Waals surface area contributed by atoms with Crippen molar-refractivity contribution in [1.29, 1.82) is 0 Å². The summed E-state index contributed by atoms with van der Waals surface area (Å²) in [6, 6.07) is 16.9. The maximum absolute atomic E-state index is 13.3. The topological polar surface area (TPSA) is 68.8 Å². The van der Waals surface area contributed by atoms with Gasteiger partial charge in [-0.3, -0.25) is 19.5 Å². The number of hydrogen-bond donors (Lipinski definition) is 1. The van der Waals surface area contributed by atoms with Gasteiger partial charge in [0.25, 0.3) is 5.91 Å². The number of benzene rings is 2. The number of carbonyl (C=O) groups excluding carboxylic acids is 2. The molecular formula is C28H28N4O2. The summed E-state index contributed by atoms with van der Waals surface area (Å²) in [7, 11) is 0. The van der Waals surface area contributed by atoms with Crippen LogP contribution in [0.4, 0.5) is 0 Å². The fourth-order valence-corrected chi connectivity index (χ4v) is 5.57. The van der Waals surface area contributed by atoms with Gasteiger partial charge in [0, 0.05) is 42.8 Å². The molecule has 0 unspecified atom stereocenters. The average Bonchev–Trinajstić information content (AvgIpc) is 3.74. The van der Waals surface area contributed by atoms with E-state index < -0.39 is 5.54 Å². The van der Waals surface area contributed by atoms with E-state index in [-0.39, 0.29) is 11.8 Å². The second-order valence-electron chi connectivity index (χ2n) is 10.5. The first-order valence-electron chi connectivity index (χ1n) is 12.5. The van der Waals surface area contributed by atoms with E-state index in [2.05, 4.69) is 53.5 Å². The van der Waals surface area contributed by atoms with Crippen LogP contribution < -0.4 is 0 Å². The number of amidine groups is 1. The van der Waals surface area contributed by atoms with E-state index >= 15 is 0 Å². The van der Waals surface area contributed by atoms with Gasteiger partial charge in [-0.15, -0.1) is 0 Å². The lowest BCUT2D eigenvalue weighted by molar-refractivity contribution is -0.131. The van der Waals surface area contributed by atoms with Crippen molar-refractivity contribution in [3.8, 4) is 11.1 Å². The highest BCUT2D eigenvalue weighted by atomic mass is 16.2. The second-order valence-corrected chi connectivity index (χ2v) is 10.5. The fraction of sp³-hybridized carbons (Fsp3) is 0.393. The van der Waals surface area contributed by atoms with Gasteiger partial charge in [0.1, 0.15) is 11.4 Å². The molecule has 1 atom stereocenters. The molecule has 7 rings (SSSR count). The van der Waals surface area contributed by atoms with Gasteiger partial charge in [0.15, 0.2) is 0 Å². The Morgan fingerprint density at radius 2 is 1.76 bits per heavy atom. The zero-order chi connectivity index (χ0) is 22.9. The molecule has 2 aromatic carbocycles. The smallest absolute Gasteiger partial charge is 0.256 e. The Bertz CT molecular complexity index is 1330. The number of H-pyrrole nitrogens is 1. The van der Waals surface area contributed by atoms with Crippen LogP contribution in [0.25, 0.3) is 22.0 Å². The minimum atomic E-state index is -0.518. The number of hydrogen-bond acceptors (Lipinski definition) is 3. The number of fused-ring (bicyclic) bond motifs is 1. The number of nitrogens with zero attached hydrogens (tertiary/aromatic N) is 3. The first-order chi connectivity index (χ1) is 16.6. The van der Waals surface area contributed by atoms with E-state index in [1.807, 2.05) is 16.0 Å². The third kappa shape index (κ3) is 3.27. The fourth-order valence-electron chi connectivity index (χ4n) is 5.57. The molecule has 3 heterocycles. The summed E-state index contributed by atoms with van der Waals surface area (Å²) >= 11 is 0. The maximum atomic E-state index is 13.3. The van der Waals surface area contributed by atoms with Crippen LogP contribution in [0.3, 0.4) is 0 Å². The minimum Gasteiger partial charge on any atom is -0.361 e. The van der Waals surface area contributed by atoms with Gasteiger partial charge >= 0.3 is 0 Å². The Balaban J connectivity index is 1.12. The van der Waals surface area contributed by atoms with Crippen molar-refractivity contribution < 1.29 is 9.59 Å². The molecule has 0 radical (unpaired) electrons. The highest BCUT2D eigenvalue weighted by Crippen LogP contribution is 2.46. The molecule has 3 aromatic rings. The van der Waals surface area contributed by atoms with Crippen LogP contribution in [0.1, 0.15) is 37.7 Å². The molecule has 2 amide bonds. The minimum absolute atomic E-state index is 0.149. The number of rotatable bonds is 5. The van der Waals surface area contributed by atoms with Crippen molar-refractivity contribution in [2.75, 3.05) is 19.6 Å². The van der Waals surface area contributed by atoms with E-state index in [9.17, 15) is 9.59 Å². The Morgan fingerprint density at radius 3 is 2.53 bits per heavy atom. The van der Waals surface area contributed by atoms with Crippen molar-refractivity contribution in [3.05, 3.63) is 60.3 Å². The third-order valence-corrected chi connectivity index (χ3v) is 7.94. The number of likely N-dealkylation sites (tertiary alicyclic amines) is 1. The van der Waals surface area contributed by atoms with Crippen molar-refractivity contribution >= 4 is 28.6 Å². The Morgan fingerprint density at radius 1 is 1.00 bits per heavy atom. The number of nitrogens with one attached hydrogen (secondary N) is 1.